The lowest BCUT2D eigenvalue weighted by molar-refractivity contribution is -0.173. The van der Waals surface area contributed by atoms with Crippen molar-refractivity contribution in [1.29, 1.82) is 0 Å². The summed E-state index contributed by atoms with van der Waals surface area (Å²) in [6.07, 6.45) is -5.10. The topological polar surface area (TPSA) is 66.4 Å². The van der Waals surface area contributed by atoms with Crippen LogP contribution in [0.2, 0.25) is 0 Å². The summed E-state index contributed by atoms with van der Waals surface area (Å²) < 4.78 is 48.9. The van der Waals surface area contributed by atoms with Gasteiger partial charge in [0.25, 0.3) is 0 Å². The van der Waals surface area contributed by atoms with E-state index in [0.29, 0.717) is 0 Å². The highest BCUT2D eigenvalue weighted by Crippen LogP contribution is 2.17. The van der Waals surface area contributed by atoms with Crippen molar-refractivity contribution in [3.8, 4) is 0 Å². The SMILES string of the molecule is O=C(O)c1cccc(F)c1CNC(=O)C(F)(F)F. The molecule has 0 aliphatic carbocycles. The number of alkyl halides is 3. The van der Waals surface area contributed by atoms with Gasteiger partial charge in [-0.2, -0.15) is 13.2 Å². The van der Waals surface area contributed by atoms with Gasteiger partial charge >= 0.3 is 18.1 Å². The van der Waals surface area contributed by atoms with Crippen LogP contribution < -0.4 is 5.32 Å². The van der Waals surface area contributed by atoms with Crippen molar-refractivity contribution in [3.63, 3.8) is 0 Å². The summed E-state index contributed by atoms with van der Waals surface area (Å²) in [5, 5.41) is 10.1. The maximum atomic E-state index is 13.3. The van der Waals surface area contributed by atoms with Gasteiger partial charge in [-0.3, -0.25) is 4.79 Å². The second-order valence-electron chi connectivity index (χ2n) is 3.25. The molecule has 0 fully saturated rings. The fourth-order valence-corrected chi connectivity index (χ4v) is 1.21. The van der Waals surface area contributed by atoms with Crippen molar-refractivity contribution in [3.05, 3.63) is 35.1 Å². The van der Waals surface area contributed by atoms with E-state index in [1.807, 2.05) is 0 Å². The fraction of sp³-hybridized carbons (Fsp3) is 0.200. The number of carbonyl (C=O) groups excluding carboxylic acids is 1. The van der Waals surface area contributed by atoms with Crippen molar-refractivity contribution in [2.24, 2.45) is 0 Å². The lowest BCUT2D eigenvalue weighted by Gasteiger charge is -2.10. The third-order valence-corrected chi connectivity index (χ3v) is 2.03. The molecule has 1 aromatic rings. The minimum atomic E-state index is -5.10. The molecule has 0 saturated carbocycles. The van der Waals surface area contributed by atoms with Crippen molar-refractivity contribution in [2.75, 3.05) is 0 Å². The molecule has 0 saturated heterocycles. The molecule has 1 aromatic carbocycles. The molecule has 0 aliphatic heterocycles. The maximum absolute atomic E-state index is 13.3. The molecule has 0 unspecified atom stereocenters. The summed E-state index contributed by atoms with van der Waals surface area (Å²) in [7, 11) is 0. The van der Waals surface area contributed by atoms with Gasteiger partial charge in [0.05, 0.1) is 5.56 Å². The smallest absolute Gasteiger partial charge is 0.471 e. The molecular weight excluding hydrogens is 258 g/mol. The minimum absolute atomic E-state index is 0.502. The Labute approximate surface area is 98.2 Å². The molecule has 2 N–H and O–H groups in total. The number of hydrogen-bond acceptors (Lipinski definition) is 2. The zero-order chi connectivity index (χ0) is 13.9. The molecule has 18 heavy (non-hydrogen) atoms. The number of halogens is 4. The number of hydrogen-bond donors (Lipinski definition) is 2. The Balaban J connectivity index is 2.92. The number of carboxylic acid groups (broad SMARTS) is 1. The molecule has 0 radical (unpaired) electrons. The van der Waals surface area contributed by atoms with E-state index in [4.69, 9.17) is 5.11 Å². The molecule has 8 heteroatoms. The molecule has 1 amide bonds. The first-order chi connectivity index (χ1) is 8.23. The monoisotopic (exact) mass is 265 g/mol. The van der Waals surface area contributed by atoms with Crippen LogP contribution >= 0.6 is 0 Å². The zero-order valence-electron chi connectivity index (χ0n) is 8.71. The van der Waals surface area contributed by atoms with Crippen LogP contribution in [0, 0.1) is 5.82 Å². The van der Waals surface area contributed by atoms with Gasteiger partial charge in [0.15, 0.2) is 0 Å². The Kier molecular flexibility index (Phi) is 3.89. The molecule has 1 rings (SSSR count). The van der Waals surface area contributed by atoms with Crippen molar-refractivity contribution < 1.29 is 32.3 Å². The summed E-state index contributed by atoms with van der Waals surface area (Å²) in [6.45, 7) is -0.855. The van der Waals surface area contributed by atoms with Crippen molar-refractivity contribution >= 4 is 11.9 Å². The number of rotatable bonds is 3. The number of amides is 1. The second kappa shape index (κ2) is 5.03. The molecule has 0 aromatic heterocycles. The average Bonchev–Trinajstić information content (AvgIpc) is 2.25. The molecule has 0 aliphatic rings. The first kappa shape index (κ1) is 13.9. The van der Waals surface area contributed by atoms with E-state index in [2.05, 4.69) is 0 Å². The zero-order valence-corrected chi connectivity index (χ0v) is 8.71. The van der Waals surface area contributed by atoms with Crippen molar-refractivity contribution in [1.82, 2.24) is 5.32 Å². The number of benzene rings is 1. The highest BCUT2D eigenvalue weighted by atomic mass is 19.4. The van der Waals surface area contributed by atoms with Gasteiger partial charge in [-0.25, -0.2) is 9.18 Å². The molecule has 0 spiro atoms. The third-order valence-electron chi connectivity index (χ3n) is 2.03. The summed E-state index contributed by atoms with van der Waals surface area (Å²) in [4.78, 5) is 21.2. The van der Waals surface area contributed by atoms with E-state index in [-0.39, 0.29) is 0 Å². The van der Waals surface area contributed by atoms with Crippen LogP contribution in [0.4, 0.5) is 17.6 Å². The van der Waals surface area contributed by atoms with Crippen LogP contribution in [0.15, 0.2) is 18.2 Å². The number of nitrogens with one attached hydrogen (secondary N) is 1. The van der Waals surface area contributed by atoms with Crippen LogP contribution in [0.5, 0.6) is 0 Å². The van der Waals surface area contributed by atoms with Gasteiger partial charge in [-0.05, 0) is 12.1 Å². The van der Waals surface area contributed by atoms with Crippen LogP contribution in [0.1, 0.15) is 15.9 Å². The van der Waals surface area contributed by atoms with Gasteiger partial charge in [-0.15, -0.1) is 0 Å². The van der Waals surface area contributed by atoms with E-state index in [1.165, 1.54) is 5.32 Å². The maximum Gasteiger partial charge on any atom is 0.471 e. The van der Waals surface area contributed by atoms with Crippen molar-refractivity contribution in [2.45, 2.75) is 12.7 Å². The molecule has 0 heterocycles. The summed E-state index contributed by atoms with van der Waals surface area (Å²) >= 11 is 0. The van der Waals surface area contributed by atoms with E-state index < -0.39 is 41.5 Å². The average molecular weight is 265 g/mol. The summed E-state index contributed by atoms with van der Waals surface area (Å²) in [6, 6.07) is 3.02. The van der Waals surface area contributed by atoms with Crippen LogP contribution in [-0.4, -0.2) is 23.2 Å². The summed E-state index contributed by atoms with van der Waals surface area (Å²) in [5.74, 6) is -4.76. The molecule has 4 nitrogen and oxygen atoms in total. The van der Waals surface area contributed by atoms with Crippen LogP contribution in [-0.2, 0) is 11.3 Å². The Hall–Kier alpha value is -2.12. The van der Waals surface area contributed by atoms with E-state index in [9.17, 15) is 27.2 Å². The van der Waals surface area contributed by atoms with E-state index >= 15 is 0 Å². The second-order valence-corrected chi connectivity index (χ2v) is 3.25. The van der Waals surface area contributed by atoms with Gasteiger partial charge in [-0.1, -0.05) is 6.07 Å². The first-order valence-electron chi connectivity index (χ1n) is 4.59. The highest BCUT2D eigenvalue weighted by Gasteiger charge is 2.38. The van der Waals surface area contributed by atoms with Gasteiger partial charge in [0.2, 0.25) is 0 Å². The van der Waals surface area contributed by atoms with Crippen LogP contribution in [0.25, 0.3) is 0 Å². The normalized spacial score (nSPS) is 11.1. The van der Waals surface area contributed by atoms with Gasteiger partial charge in [0.1, 0.15) is 5.82 Å². The standard InChI is InChI=1S/C10H7F4NO3/c11-7-3-1-2-5(8(16)17)6(7)4-15-9(18)10(12,13)14/h1-3H,4H2,(H,15,18)(H,16,17). The Morgan fingerprint density at radius 2 is 1.89 bits per heavy atom. The quantitative estimate of drug-likeness (QED) is 0.817. The molecule has 98 valence electrons. The minimum Gasteiger partial charge on any atom is -0.478 e. The number of carbonyl (C=O) groups is 2. The number of aromatic carboxylic acids is 1. The highest BCUT2D eigenvalue weighted by molar-refractivity contribution is 5.89. The fourth-order valence-electron chi connectivity index (χ4n) is 1.21. The Bertz CT molecular complexity index is 485. The summed E-state index contributed by atoms with van der Waals surface area (Å²) in [5.41, 5.74) is -1.01. The third kappa shape index (κ3) is 3.19. The lowest BCUT2D eigenvalue weighted by atomic mass is 10.1. The first-order valence-corrected chi connectivity index (χ1v) is 4.59. The van der Waals surface area contributed by atoms with E-state index in [0.717, 1.165) is 18.2 Å². The molecule has 0 atom stereocenters. The lowest BCUT2D eigenvalue weighted by Crippen LogP contribution is -2.36. The largest absolute Gasteiger partial charge is 0.478 e. The van der Waals surface area contributed by atoms with Crippen LogP contribution in [0.3, 0.4) is 0 Å². The predicted molar refractivity (Wildman–Crippen MR) is 51.3 cm³/mol. The van der Waals surface area contributed by atoms with Gasteiger partial charge in [0, 0.05) is 12.1 Å². The Morgan fingerprint density at radius 3 is 2.39 bits per heavy atom. The predicted octanol–water partition coefficient (Wildman–Crippen LogP) is 1.70. The molecular formula is C10H7F4NO3. The number of carboxylic acids is 1. The van der Waals surface area contributed by atoms with E-state index in [1.54, 1.807) is 0 Å². The Morgan fingerprint density at radius 1 is 1.28 bits per heavy atom. The van der Waals surface area contributed by atoms with Gasteiger partial charge < -0.3 is 10.4 Å². The molecule has 0 bridgehead atoms.